The number of nitrogens with zero attached hydrogens (tertiary/aromatic N) is 2. The number of hydrogen-bond acceptors (Lipinski definition) is 5. The molecule has 19 heavy (non-hydrogen) atoms. The highest BCUT2D eigenvalue weighted by Gasteiger charge is 2.28. The number of primary amides is 1. The summed E-state index contributed by atoms with van der Waals surface area (Å²) in [6, 6.07) is -0.911. The first kappa shape index (κ1) is 15.2. The van der Waals surface area contributed by atoms with Gasteiger partial charge in [-0.15, -0.1) is 0 Å². The summed E-state index contributed by atoms with van der Waals surface area (Å²) in [6.45, 7) is 3.61. The Morgan fingerprint density at radius 2 is 1.68 bits per heavy atom. The summed E-state index contributed by atoms with van der Waals surface area (Å²) in [5.74, 6) is -0.923. The van der Waals surface area contributed by atoms with Crippen LogP contribution in [0, 0.1) is 0 Å². The number of nitrogens with two attached hydrogens (primary N) is 2. The van der Waals surface area contributed by atoms with Gasteiger partial charge in [0.1, 0.15) is 0 Å². The molecule has 1 aliphatic heterocycles. The van der Waals surface area contributed by atoms with Crippen molar-refractivity contribution in [1.82, 2.24) is 9.80 Å². The van der Waals surface area contributed by atoms with E-state index in [4.69, 9.17) is 16.2 Å². The van der Waals surface area contributed by atoms with Gasteiger partial charge in [-0.25, -0.2) is 4.79 Å². The molecule has 0 spiro atoms. The fraction of sp³-hybridized carbons (Fsp3) is 0.727. The highest BCUT2D eigenvalue weighted by Crippen LogP contribution is 2.06. The Labute approximate surface area is 111 Å². The van der Waals surface area contributed by atoms with Crippen molar-refractivity contribution in [1.29, 1.82) is 0 Å². The summed E-state index contributed by atoms with van der Waals surface area (Å²) in [4.78, 5) is 37.1. The molecular weight excluding hydrogens is 252 g/mol. The van der Waals surface area contributed by atoms with Crippen LogP contribution in [0.15, 0.2) is 0 Å². The molecule has 108 valence electrons. The third-order valence-electron chi connectivity index (χ3n) is 2.86. The number of hydrogen-bond donors (Lipinski definition) is 2. The largest absolute Gasteiger partial charge is 0.450 e. The first-order chi connectivity index (χ1) is 8.95. The Morgan fingerprint density at radius 3 is 2.16 bits per heavy atom. The van der Waals surface area contributed by atoms with E-state index in [1.165, 1.54) is 9.80 Å². The highest BCUT2D eigenvalue weighted by atomic mass is 16.6. The number of carbonyl (C=O) groups is 3. The third kappa shape index (κ3) is 4.40. The second kappa shape index (κ2) is 6.93. The van der Waals surface area contributed by atoms with Crippen LogP contribution in [0.25, 0.3) is 0 Å². The second-order valence-corrected chi connectivity index (χ2v) is 4.29. The molecule has 0 radical (unpaired) electrons. The monoisotopic (exact) mass is 272 g/mol. The first-order valence-corrected chi connectivity index (χ1v) is 6.20. The first-order valence-electron chi connectivity index (χ1n) is 6.20. The minimum absolute atomic E-state index is 0.170. The molecule has 0 aliphatic carbocycles. The molecule has 1 fully saturated rings. The molecule has 1 rings (SSSR count). The van der Waals surface area contributed by atoms with Gasteiger partial charge in [-0.1, -0.05) is 0 Å². The summed E-state index contributed by atoms with van der Waals surface area (Å²) in [5.41, 5.74) is 10.6. The Bertz CT molecular complexity index is 353. The molecule has 1 atom stereocenters. The van der Waals surface area contributed by atoms with E-state index < -0.39 is 11.9 Å². The van der Waals surface area contributed by atoms with Gasteiger partial charge in [-0.3, -0.25) is 9.59 Å². The van der Waals surface area contributed by atoms with E-state index in [2.05, 4.69) is 0 Å². The molecule has 4 N–H and O–H groups in total. The van der Waals surface area contributed by atoms with Crippen LogP contribution in [0.1, 0.15) is 13.3 Å². The molecule has 1 heterocycles. The molecule has 1 saturated heterocycles. The van der Waals surface area contributed by atoms with Gasteiger partial charge in [0.05, 0.1) is 19.1 Å². The lowest BCUT2D eigenvalue weighted by Gasteiger charge is -2.35. The van der Waals surface area contributed by atoms with E-state index in [0.717, 1.165) is 0 Å². The molecular formula is C11H20N4O4. The van der Waals surface area contributed by atoms with Crippen LogP contribution < -0.4 is 11.5 Å². The maximum Gasteiger partial charge on any atom is 0.409 e. The maximum absolute atomic E-state index is 11.9. The Morgan fingerprint density at radius 1 is 1.16 bits per heavy atom. The van der Waals surface area contributed by atoms with Crippen LogP contribution in [0.3, 0.4) is 0 Å². The van der Waals surface area contributed by atoms with E-state index in [1.807, 2.05) is 0 Å². The van der Waals surface area contributed by atoms with Crippen molar-refractivity contribution in [2.75, 3.05) is 32.8 Å². The van der Waals surface area contributed by atoms with Gasteiger partial charge in [0.2, 0.25) is 11.8 Å². The average Bonchev–Trinajstić information content (AvgIpc) is 2.37. The molecule has 0 unspecified atom stereocenters. The van der Waals surface area contributed by atoms with Crippen LogP contribution >= 0.6 is 0 Å². The third-order valence-corrected chi connectivity index (χ3v) is 2.86. The number of piperazine rings is 1. The predicted molar refractivity (Wildman–Crippen MR) is 67.0 cm³/mol. The van der Waals surface area contributed by atoms with Gasteiger partial charge in [0.25, 0.3) is 0 Å². The van der Waals surface area contributed by atoms with Gasteiger partial charge in [0, 0.05) is 26.2 Å². The number of amides is 3. The van der Waals surface area contributed by atoms with Gasteiger partial charge >= 0.3 is 6.09 Å². The van der Waals surface area contributed by atoms with E-state index in [1.54, 1.807) is 6.92 Å². The zero-order valence-corrected chi connectivity index (χ0v) is 11.0. The van der Waals surface area contributed by atoms with Gasteiger partial charge in [-0.05, 0) is 6.92 Å². The van der Waals surface area contributed by atoms with Crippen LogP contribution in [0.4, 0.5) is 4.79 Å². The van der Waals surface area contributed by atoms with Crippen LogP contribution in [-0.2, 0) is 14.3 Å². The minimum Gasteiger partial charge on any atom is -0.450 e. The number of carbonyl (C=O) groups excluding carboxylic acids is 3. The minimum atomic E-state index is -0.911. The highest BCUT2D eigenvalue weighted by molar-refractivity contribution is 5.87. The lowest BCUT2D eigenvalue weighted by atomic mass is 10.1. The maximum atomic E-state index is 11.9. The van der Waals surface area contributed by atoms with Crippen LogP contribution in [0.5, 0.6) is 0 Å². The normalized spacial score (nSPS) is 16.9. The Balaban J connectivity index is 2.43. The quantitative estimate of drug-likeness (QED) is 0.645. The Kier molecular flexibility index (Phi) is 5.56. The van der Waals surface area contributed by atoms with Crippen molar-refractivity contribution in [3.05, 3.63) is 0 Å². The molecule has 0 aromatic heterocycles. The van der Waals surface area contributed by atoms with Crippen LogP contribution in [-0.4, -0.2) is 66.5 Å². The lowest BCUT2D eigenvalue weighted by Crippen LogP contribution is -2.54. The molecule has 8 heteroatoms. The van der Waals surface area contributed by atoms with Gasteiger partial charge in [-0.2, -0.15) is 0 Å². The summed E-state index contributed by atoms with van der Waals surface area (Å²) in [7, 11) is 0. The van der Waals surface area contributed by atoms with E-state index in [0.29, 0.717) is 32.8 Å². The summed E-state index contributed by atoms with van der Waals surface area (Å²) in [5, 5.41) is 0. The van der Waals surface area contributed by atoms with Crippen molar-refractivity contribution >= 4 is 17.9 Å². The van der Waals surface area contributed by atoms with E-state index in [9.17, 15) is 14.4 Å². The lowest BCUT2D eigenvalue weighted by molar-refractivity contribution is -0.136. The van der Waals surface area contributed by atoms with Crippen molar-refractivity contribution in [3.8, 4) is 0 Å². The molecule has 0 bridgehead atoms. The van der Waals surface area contributed by atoms with E-state index >= 15 is 0 Å². The molecule has 0 aromatic carbocycles. The molecule has 3 amide bonds. The van der Waals surface area contributed by atoms with E-state index in [-0.39, 0.29) is 18.4 Å². The van der Waals surface area contributed by atoms with Gasteiger partial charge in [0.15, 0.2) is 0 Å². The van der Waals surface area contributed by atoms with Crippen molar-refractivity contribution in [2.45, 2.75) is 19.4 Å². The predicted octanol–water partition coefficient (Wildman–Crippen LogP) is -1.51. The second-order valence-electron chi connectivity index (χ2n) is 4.29. The van der Waals surface area contributed by atoms with Gasteiger partial charge < -0.3 is 26.0 Å². The fourth-order valence-corrected chi connectivity index (χ4v) is 1.86. The zero-order chi connectivity index (χ0) is 14.4. The number of rotatable bonds is 4. The molecule has 0 aromatic rings. The zero-order valence-electron chi connectivity index (χ0n) is 11.0. The Hall–Kier alpha value is -1.83. The fourth-order valence-electron chi connectivity index (χ4n) is 1.86. The summed E-state index contributed by atoms with van der Waals surface area (Å²) in [6.07, 6.45) is -0.548. The summed E-state index contributed by atoms with van der Waals surface area (Å²) < 4.78 is 4.87. The molecule has 8 nitrogen and oxygen atoms in total. The SMILES string of the molecule is CCOC(=O)N1CCN(C(=O)[C@@H](N)CC(N)=O)CC1. The number of ether oxygens (including phenoxy) is 1. The van der Waals surface area contributed by atoms with Crippen molar-refractivity contribution in [3.63, 3.8) is 0 Å². The van der Waals surface area contributed by atoms with Crippen molar-refractivity contribution < 1.29 is 19.1 Å². The summed E-state index contributed by atoms with van der Waals surface area (Å²) >= 11 is 0. The van der Waals surface area contributed by atoms with Crippen molar-refractivity contribution in [2.24, 2.45) is 11.5 Å². The molecule has 1 aliphatic rings. The average molecular weight is 272 g/mol. The topological polar surface area (TPSA) is 119 Å². The van der Waals surface area contributed by atoms with Crippen LogP contribution in [0.2, 0.25) is 0 Å². The standard InChI is InChI=1S/C11H20N4O4/c1-2-19-11(18)15-5-3-14(4-6-15)10(17)8(12)7-9(13)16/h8H,2-7,12H2,1H3,(H2,13,16)/t8-/m0/s1. The molecule has 0 saturated carbocycles. The smallest absolute Gasteiger partial charge is 0.409 e.